The van der Waals surface area contributed by atoms with Crippen molar-refractivity contribution >= 4 is 23.4 Å². The second kappa shape index (κ2) is 7.01. The lowest BCUT2D eigenvalue weighted by Gasteiger charge is -2.29. The minimum absolute atomic E-state index is 0.201. The molecule has 5 rings (SSSR count). The smallest absolute Gasteiger partial charge is 0.255 e. The Morgan fingerprint density at radius 2 is 1.94 bits per heavy atom. The predicted molar refractivity (Wildman–Crippen MR) is 107 cm³/mol. The maximum Gasteiger partial charge on any atom is 0.255 e. The number of hydrogen-bond acceptors (Lipinski definition) is 6. The van der Waals surface area contributed by atoms with Gasteiger partial charge in [0.2, 0.25) is 11.8 Å². The third-order valence-corrected chi connectivity index (χ3v) is 5.56. The number of amides is 3. The van der Waals surface area contributed by atoms with E-state index in [0.29, 0.717) is 34.6 Å². The van der Waals surface area contributed by atoms with E-state index in [4.69, 9.17) is 5.73 Å². The molecule has 0 spiro atoms. The van der Waals surface area contributed by atoms with Gasteiger partial charge in [0.05, 0.1) is 11.9 Å². The Kier molecular flexibility index (Phi) is 4.28. The van der Waals surface area contributed by atoms with Crippen molar-refractivity contribution in [3.05, 3.63) is 59.5 Å². The van der Waals surface area contributed by atoms with Crippen molar-refractivity contribution in [2.24, 2.45) is 0 Å². The number of nitrogen functional groups attached to an aromatic ring is 1. The van der Waals surface area contributed by atoms with Gasteiger partial charge in [-0.1, -0.05) is 5.21 Å². The van der Waals surface area contributed by atoms with E-state index in [2.05, 4.69) is 15.6 Å². The predicted octanol–water partition coefficient (Wildman–Crippen LogP) is 1.42. The molecule has 3 heterocycles. The molecule has 2 aromatic carbocycles. The average Bonchev–Trinajstić information content (AvgIpc) is 3.35. The number of nitrogens with zero attached hydrogens (tertiary/aromatic N) is 4. The molecule has 1 unspecified atom stereocenters. The third-order valence-electron chi connectivity index (χ3n) is 5.56. The summed E-state index contributed by atoms with van der Waals surface area (Å²) in [7, 11) is 0. The minimum atomic E-state index is -0.671. The zero-order valence-corrected chi connectivity index (χ0v) is 16.2. The van der Waals surface area contributed by atoms with Gasteiger partial charge < -0.3 is 10.6 Å². The van der Waals surface area contributed by atoms with Crippen LogP contribution in [-0.4, -0.2) is 43.7 Å². The first-order valence-corrected chi connectivity index (χ1v) is 9.66. The lowest BCUT2D eigenvalue weighted by Crippen LogP contribution is -2.52. The van der Waals surface area contributed by atoms with Crippen LogP contribution in [-0.2, 0) is 16.1 Å². The number of rotatable bonds is 3. The van der Waals surface area contributed by atoms with Crippen LogP contribution >= 0.6 is 0 Å². The van der Waals surface area contributed by atoms with Crippen LogP contribution in [0.5, 0.6) is 0 Å². The van der Waals surface area contributed by atoms with Crippen LogP contribution in [0.3, 0.4) is 0 Å². The molecule has 0 radical (unpaired) electrons. The van der Waals surface area contributed by atoms with Gasteiger partial charge in [0.15, 0.2) is 0 Å². The average molecular weight is 420 g/mol. The van der Waals surface area contributed by atoms with Crippen molar-refractivity contribution in [3.63, 3.8) is 0 Å². The monoisotopic (exact) mass is 420 g/mol. The summed E-state index contributed by atoms with van der Waals surface area (Å²) >= 11 is 0. The molecule has 0 saturated carbocycles. The number of halogens is 1. The van der Waals surface area contributed by atoms with Gasteiger partial charge in [-0.15, -0.1) is 5.10 Å². The Morgan fingerprint density at radius 3 is 2.74 bits per heavy atom. The first-order valence-electron chi connectivity index (χ1n) is 9.66. The first-order chi connectivity index (χ1) is 14.9. The summed E-state index contributed by atoms with van der Waals surface area (Å²) in [5, 5.41) is 10.5. The summed E-state index contributed by atoms with van der Waals surface area (Å²) < 4.78 is 15.1. The van der Waals surface area contributed by atoms with Crippen LogP contribution in [0.2, 0.25) is 0 Å². The van der Waals surface area contributed by atoms with Crippen LogP contribution < -0.4 is 11.1 Å². The van der Waals surface area contributed by atoms with Crippen LogP contribution in [0.25, 0.3) is 16.9 Å². The quantitative estimate of drug-likeness (QED) is 0.488. The molecule has 156 valence electrons. The van der Waals surface area contributed by atoms with Crippen molar-refractivity contribution in [3.8, 4) is 16.9 Å². The molecular formula is C21H17FN6O3. The second-order valence-electron chi connectivity index (χ2n) is 7.52. The van der Waals surface area contributed by atoms with E-state index in [1.807, 2.05) is 0 Å². The van der Waals surface area contributed by atoms with Gasteiger partial charge in [0.1, 0.15) is 17.6 Å². The molecule has 3 amide bonds. The number of nitrogens with two attached hydrogens (primary N) is 1. The maximum atomic E-state index is 13.6. The zero-order chi connectivity index (χ0) is 21.7. The minimum Gasteiger partial charge on any atom is -0.398 e. The third kappa shape index (κ3) is 3.21. The highest BCUT2D eigenvalue weighted by atomic mass is 19.1. The largest absolute Gasteiger partial charge is 0.398 e. The van der Waals surface area contributed by atoms with E-state index < -0.39 is 17.8 Å². The molecule has 2 aliphatic rings. The molecule has 1 aromatic heterocycles. The first kappa shape index (κ1) is 18.9. The molecule has 1 atom stereocenters. The number of anilines is 1. The topological polar surface area (TPSA) is 123 Å². The number of carbonyl (C=O) groups is 3. The molecule has 3 aromatic rings. The van der Waals surface area contributed by atoms with Gasteiger partial charge in [-0.25, -0.2) is 9.07 Å². The Bertz CT molecular complexity index is 1250. The highest BCUT2D eigenvalue weighted by Crippen LogP contribution is 2.30. The van der Waals surface area contributed by atoms with Crippen molar-refractivity contribution < 1.29 is 18.8 Å². The number of imide groups is 1. The summed E-state index contributed by atoms with van der Waals surface area (Å²) in [6.45, 7) is 0.257. The zero-order valence-electron chi connectivity index (χ0n) is 16.2. The molecule has 2 aliphatic heterocycles. The van der Waals surface area contributed by atoms with Crippen molar-refractivity contribution in [1.29, 1.82) is 0 Å². The van der Waals surface area contributed by atoms with Crippen LogP contribution in [0, 0.1) is 5.82 Å². The van der Waals surface area contributed by atoms with Crippen molar-refractivity contribution in [1.82, 2.24) is 25.2 Å². The Morgan fingerprint density at radius 1 is 1.10 bits per heavy atom. The molecule has 0 aliphatic carbocycles. The molecule has 9 nitrogen and oxygen atoms in total. The normalized spacial score (nSPS) is 18.3. The fourth-order valence-electron chi connectivity index (χ4n) is 3.97. The van der Waals surface area contributed by atoms with E-state index in [1.54, 1.807) is 24.4 Å². The van der Waals surface area contributed by atoms with E-state index in [1.165, 1.54) is 27.8 Å². The van der Waals surface area contributed by atoms with Crippen molar-refractivity contribution in [2.45, 2.75) is 25.4 Å². The fourth-order valence-corrected chi connectivity index (χ4v) is 3.97. The molecule has 1 fully saturated rings. The Hall–Kier alpha value is -4.08. The summed E-state index contributed by atoms with van der Waals surface area (Å²) in [6, 6.07) is 8.56. The van der Waals surface area contributed by atoms with E-state index in [-0.39, 0.29) is 24.8 Å². The maximum absolute atomic E-state index is 13.6. The van der Waals surface area contributed by atoms with Gasteiger partial charge in [0.25, 0.3) is 5.91 Å². The van der Waals surface area contributed by atoms with Crippen LogP contribution in [0.15, 0.2) is 42.6 Å². The molecule has 3 N–H and O–H groups in total. The number of nitrogens with one attached hydrogen (secondary N) is 1. The summed E-state index contributed by atoms with van der Waals surface area (Å²) in [5.74, 6) is -1.45. The van der Waals surface area contributed by atoms with Gasteiger partial charge in [-0.2, -0.15) is 0 Å². The number of hydrogen-bond donors (Lipinski definition) is 2. The SMILES string of the molecule is Nc1ccc(F)cc1-c1cn(-c2ccc3c(c2)CN(C2CCC(=O)NC2=O)C3=O)nn1. The van der Waals surface area contributed by atoms with Crippen molar-refractivity contribution in [2.75, 3.05) is 5.73 Å². The fraction of sp³-hybridized carbons (Fsp3) is 0.190. The molecule has 1 saturated heterocycles. The molecule has 0 bridgehead atoms. The highest BCUT2D eigenvalue weighted by Gasteiger charge is 2.39. The number of fused-ring (bicyclic) bond motifs is 1. The molecule has 31 heavy (non-hydrogen) atoms. The van der Waals surface area contributed by atoms with Gasteiger partial charge >= 0.3 is 0 Å². The second-order valence-corrected chi connectivity index (χ2v) is 7.52. The standard InChI is InChI=1S/C21H17FN6O3/c22-12-1-4-16(23)15(8-12)17-10-28(26-25-17)13-2-3-14-11(7-13)9-27(21(14)31)18-5-6-19(29)24-20(18)30/h1-4,7-8,10,18H,5-6,9,23H2,(H,24,29,30). The Balaban J connectivity index is 1.42. The number of carbonyl (C=O) groups excluding carboxylic acids is 3. The summed E-state index contributed by atoms with van der Waals surface area (Å²) in [5.41, 5.74) is 9.06. The Labute approximate surface area is 175 Å². The van der Waals surface area contributed by atoms with Gasteiger partial charge in [-0.3, -0.25) is 19.7 Å². The lowest BCUT2D eigenvalue weighted by atomic mass is 10.0. The van der Waals surface area contributed by atoms with E-state index in [9.17, 15) is 18.8 Å². The molecular weight excluding hydrogens is 403 g/mol. The summed E-state index contributed by atoms with van der Waals surface area (Å²) in [6.07, 6.45) is 2.13. The van der Waals surface area contributed by atoms with E-state index >= 15 is 0 Å². The van der Waals surface area contributed by atoms with Gasteiger partial charge in [-0.05, 0) is 48.4 Å². The summed E-state index contributed by atoms with van der Waals surface area (Å²) in [4.78, 5) is 37.9. The lowest BCUT2D eigenvalue weighted by molar-refractivity contribution is -0.136. The number of aromatic nitrogens is 3. The number of benzene rings is 2. The van der Waals surface area contributed by atoms with Gasteiger partial charge in [0, 0.05) is 29.8 Å². The van der Waals surface area contributed by atoms with Crippen LogP contribution in [0.4, 0.5) is 10.1 Å². The highest BCUT2D eigenvalue weighted by molar-refractivity contribution is 6.05. The van der Waals surface area contributed by atoms with E-state index in [0.717, 1.165) is 5.56 Å². The van der Waals surface area contributed by atoms with Crippen LogP contribution in [0.1, 0.15) is 28.8 Å². The number of piperidine rings is 1. The molecule has 10 heteroatoms.